The van der Waals surface area contributed by atoms with Crippen LogP contribution < -0.4 is 0 Å². The van der Waals surface area contributed by atoms with Gasteiger partial charge in [-0.25, -0.2) is 0 Å². The van der Waals surface area contributed by atoms with Gasteiger partial charge in [0, 0.05) is 5.57 Å². The molecule has 0 saturated heterocycles. The van der Waals surface area contributed by atoms with Crippen LogP contribution in [0.5, 0.6) is 0 Å². The number of unbranched alkanes of at least 4 members (excludes halogenated alkanes) is 3. The molecule has 0 amide bonds. The van der Waals surface area contributed by atoms with Crippen LogP contribution in [0.2, 0.25) is 0 Å². The molecule has 22 heavy (non-hydrogen) atoms. The Morgan fingerprint density at radius 1 is 0.955 bits per heavy atom. The minimum absolute atomic E-state index is 0.683. The van der Waals surface area contributed by atoms with Crippen LogP contribution in [0, 0.1) is 11.3 Å². The molecule has 2 aromatic carbocycles. The van der Waals surface area contributed by atoms with E-state index in [1.165, 1.54) is 19.3 Å². The van der Waals surface area contributed by atoms with E-state index in [9.17, 15) is 0 Å². The van der Waals surface area contributed by atoms with Gasteiger partial charge in [0.1, 0.15) is 0 Å². The summed E-state index contributed by atoms with van der Waals surface area (Å²) in [5, 5.41) is 8.93. The Kier molecular flexibility index (Phi) is 6.24. The van der Waals surface area contributed by atoms with Crippen molar-refractivity contribution in [3.8, 4) is 6.07 Å². The third-order valence-electron chi connectivity index (χ3n) is 3.56. The number of nitrogens with zero attached hydrogens (tertiary/aromatic N) is 1. The SMILES string of the molecule is CCCCCC=C=C(c1ccccc1)c1ccc(C#N)cc1. The Morgan fingerprint density at radius 2 is 1.64 bits per heavy atom. The molecule has 0 fully saturated rings. The zero-order chi connectivity index (χ0) is 15.6. The topological polar surface area (TPSA) is 23.8 Å². The van der Waals surface area contributed by atoms with Gasteiger partial charge in [0.2, 0.25) is 0 Å². The summed E-state index contributed by atoms with van der Waals surface area (Å²) in [6.07, 6.45) is 6.89. The van der Waals surface area contributed by atoms with Gasteiger partial charge >= 0.3 is 0 Å². The van der Waals surface area contributed by atoms with Gasteiger partial charge in [-0.2, -0.15) is 5.26 Å². The highest BCUT2D eigenvalue weighted by atomic mass is 14.2. The van der Waals surface area contributed by atoms with Crippen molar-refractivity contribution in [3.63, 3.8) is 0 Å². The van der Waals surface area contributed by atoms with Crippen molar-refractivity contribution in [1.82, 2.24) is 0 Å². The molecule has 0 bridgehead atoms. The first kappa shape index (κ1) is 15.8. The Balaban J connectivity index is 2.33. The van der Waals surface area contributed by atoms with Gasteiger partial charge in [-0.1, -0.05) is 62.2 Å². The largest absolute Gasteiger partial charge is 0.192 e. The summed E-state index contributed by atoms with van der Waals surface area (Å²) in [5.41, 5.74) is 7.47. The lowest BCUT2D eigenvalue weighted by Crippen LogP contribution is -1.87. The second-order valence-electron chi connectivity index (χ2n) is 5.27. The van der Waals surface area contributed by atoms with Gasteiger partial charge < -0.3 is 0 Å². The smallest absolute Gasteiger partial charge is 0.0991 e. The number of nitriles is 1. The van der Waals surface area contributed by atoms with Crippen LogP contribution in [0.1, 0.15) is 49.3 Å². The number of benzene rings is 2. The van der Waals surface area contributed by atoms with E-state index in [4.69, 9.17) is 5.26 Å². The zero-order valence-electron chi connectivity index (χ0n) is 13.0. The molecule has 0 unspecified atom stereocenters. The Labute approximate surface area is 133 Å². The van der Waals surface area contributed by atoms with Crippen LogP contribution in [0.4, 0.5) is 0 Å². The van der Waals surface area contributed by atoms with E-state index < -0.39 is 0 Å². The summed E-state index contributed by atoms with van der Waals surface area (Å²) in [4.78, 5) is 0. The van der Waals surface area contributed by atoms with Crippen LogP contribution in [0.25, 0.3) is 5.57 Å². The van der Waals surface area contributed by atoms with Gasteiger partial charge in [-0.05, 0) is 42.2 Å². The fraction of sp³-hybridized carbons (Fsp3) is 0.238. The maximum atomic E-state index is 8.93. The Morgan fingerprint density at radius 3 is 2.27 bits per heavy atom. The highest BCUT2D eigenvalue weighted by Crippen LogP contribution is 2.22. The monoisotopic (exact) mass is 287 g/mol. The van der Waals surface area contributed by atoms with Gasteiger partial charge in [-0.15, -0.1) is 5.73 Å². The Hall–Kier alpha value is -2.55. The number of hydrogen-bond donors (Lipinski definition) is 0. The number of hydrogen-bond acceptors (Lipinski definition) is 1. The van der Waals surface area contributed by atoms with Crippen molar-refractivity contribution in [3.05, 3.63) is 83.1 Å². The molecule has 2 rings (SSSR count). The first-order valence-electron chi connectivity index (χ1n) is 7.86. The lowest BCUT2D eigenvalue weighted by Gasteiger charge is -2.05. The van der Waals surface area contributed by atoms with Crippen molar-refractivity contribution < 1.29 is 0 Å². The molecule has 0 aliphatic rings. The summed E-state index contributed by atoms with van der Waals surface area (Å²) in [6, 6.07) is 20.2. The van der Waals surface area contributed by atoms with E-state index >= 15 is 0 Å². The molecule has 0 saturated carbocycles. The third kappa shape index (κ3) is 4.48. The fourth-order valence-electron chi connectivity index (χ4n) is 2.32. The first-order valence-corrected chi connectivity index (χ1v) is 7.86. The minimum Gasteiger partial charge on any atom is -0.192 e. The van der Waals surface area contributed by atoms with Crippen LogP contribution >= 0.6 is 0 Å². The molecule has 1 nitrogen and oxygen atoms in total. The fourth-order valence-corrected chi connectivity index (χ4v) is 2.32. The van der Waals surface area contributed by atoms with Gasteiger partial charge in [0.15, 0.2) is 0 Å². The quantitative estimate of drug-likeness (QED) is 0.492. The van der Waals surface area contributed by atoms with E-state index in [-0.39, 0.29) is 0 Å². The summed E-state index contributed by atoms with van der Waals surface area (Å²) in [6.45, 7) is 2.21. The second-order valence-corrected chi connectivity index (χ2v) is 5.27. The highest BCUT2D eigenvalue weighted by Gasteiger charge is 2.03. The average Bonchev–Trinajstić information content (AvgIpc) is 2.59. The van der Waals surface area contributed by atoms with Crippen molar-refractivity contribution >= 4 is 5.57 Å². The van der Waals surface area contributed by atoms with Crippen LogP contribution in [0.15, 0.2) is 66.4 Å². The standard InChI is InChI=1S/C21H21N/c1-2-3-4-5-9-12-21(19-10-7-6-8-11-19)20-15-13-18(17-22)14-16-20/h6-11,13-16H,2-5H2,1H3. The molecule has 110 valence electrons. The zero-order valence-corrected chi connectivity index (χ0v) is 13.0. The summed E-state index contributed by atoms with van der Waals surface area (Å²) in [7, 11) is 0. The number of rotatable bonds is 6. The maximum absolute atomic E-state index is 8.93. The van der Waals surface area contributed by atoms with Gasteiger partial charge in [0.05, 0.1) is 11.6 Å². The third-order valence-corrected chi connectivity index (χ3v) is 3.56. The van der Waals surface area contributed by atoms with Crippen LogP contribution in [-0.2, 0) is 0 Å². The van der Waals surface area contributed by atoms with E-state index in [1.807, 2.05) is 42.5 Å². The van der Waals surface area contributed by atoms with E-state index in [2.05, 4.69) is 36.9 Å². The van der Waals surface area contributed by atoms with Crippen molar-refractivity contribution in [2.24, 2.45) is 0 Å². The maximum Gasteiger partial charge on any atom is 0.0991 e. The molecule has 0 aliphatic carbocycles. The predicted octanol–water partition coefficient (Wildman–Crippen LogP) is 5.73. The molecule has 2 aromatic rings. The lowest BCUT2D eigenvalue weighted by atomic mass is 9.97. The van der Waals surface area contributed by atoms with Crippen molar-refractivity contribution in [2.45, 2.75) is 32.6 Å². The van der Waals surface area contributed by atoms with Crippen molar-refractivity contribution in [2.75, 3.05) is 0 Å². The van der Waals surface area contributed by atoms with E-state index in [0.29, 0.717) is 5.56 Å². The molecule has 0 radical (unpaired) electrons. The normalized spacial score (nSPS) is 9.64. The van der Waals surface area contributed by atoms with Gasteiger partial charge in [0.25, 0.3) is 0 Å². The molecule has 0 aliphatic heterocycles. The summed E-state index contributed by atoms with van der Waals surface area (Å²) in [5.74, 6) is 0. The molecular formula is C21H21N. The van der Waals surface area contributed by atoms with Crippen molar-refractivity contribution in [1.29, 1.82) is 5.26 Å². The van der Waals surface area contributed by atoms with Crippen LogP contribution in [-0.4, -0.2) is 0 Å². The molecular weight excluding hydrogens is 266 g/mol. The van der Waals surface area contributed by atoms with Gasteiger partial charge in [-0.3, -0.25) is 0 Å². The molecule has 0 heterocycles. The molecule has 0 aromatic heterocycles. The highest BCUT2D eigenvalue weighted by molar-refractivity contribution is 5.79. The molecule has 0 atom stereocenters. The predicted molar refractivity (Wildman–Crippen MR) is 92.3 cm³/mol. The second kappa shape index (κ2) is 8.67. The Bertz CT molecular complexity index is 681. The average molecular weight is 287 g/mol. The molecule has 0 N–H and O–H groups in total. The molecule has 0 spiro atoms. The number of allylic oxidation sites excluding steroid dienone is 1. The van der Waals surface area contributed by atoms with E-state index in [1.54, 1.807) is 0 Å². The van der Waals surface area contributed by atoms with Crippen LogP contribution in [0.3, 0.4) is 0 Å². The summed E-state index contributed by atoms with van der Waals surface area (Å²) >= 11 is 0. The lowest BCUT2D eigenvalue weighted by molar-refractivity contribution is 0.729. The first-order chi connectivity index (χ1) is 10.8. The molecule has 1 heteroatoms. The minimum atomic E-state index is 0.683. The summed E-state index contributed by atoms with van der Waals surface area (Å²) < 4.78 is 0. The van der Waals surface area contributed by atoms with E-state index in [0.717, 1.165) is 23.1 Å².